The molecule has 0 fully saturated rings. The first-order valence-electron chi connectivity index (χ1n) is 10.5. The van der Waals surface area contributed by atoms with Crippen LogP contribution in [0.5, 0.6) is 0 Å². The molecule has 0 radical (unpaired) electrons. The van der Waals surface area contributed by atoms with Crippen molar-refractivity contribution in [1.82, 2.24) is 0 Å². The second kappa shape index (κ2) is 7.17. The number of allylic oxidation sites excluding steroid dienone is 1. The summed E-state index contributed by atoms with van der Waals surface area (Å²) in [5.41, 5.74) is 9.29. The Hall–Kier alpha value is -3.33. The lowest BCUT2D eigenvalue weighted by molar-refractivity contribution is -0.143. The van der Waals surface area contributed by atoms with Crippen molar-refractivity contribution < 1.29 is 9.53 Å². The average Bonchev–Trinajstić information content (AvgIpc) is 3.05. The number of rotatable bonds is 3. The molecule has 3 nitrogen and oxygen atoms in total. The zero-order valence-electron chi connectivity index (χ0n) is 17.6. The van der Waals surface area contributed by atoms with Gasteiger partial charge in [-0.1, -0.05) is 72.3 Å². The SMILES string of the molecule is CCOC(=O)C1C(c2ccccc2)=C2C(c3ccccc31)c1cc(C)ccc1N2C. The number of fused-ring (bicyclic) bond motifs is 5. The minimum absolute atomic E-state index is 0.113. The third kappa shape index (κ3) is 2.69. The first-order valence-corrected chi connectivity index (χ1v) is 10.5. The number of benzene rings is 3. The highest BCUT2D eigenvalue weighted by Crippen LogP contribution is 2.56. The molecule has 3 heteroatoms. The number of esters is 1. The molecule has 0 amide bonds. The van der Waals surface area contributed by atoms with Gasteiger partial charge in [0.2, 0.25) is 0 Å². The monoisotopic (exact) mass is 395 g/mol. The molecule has 3 aromatic carbocycles. The third-order valence-electron chi connectivity index (χ3n) is 6.28. The fourth-order valence-corrected chi connectivity index (χ4v) is 5.08. The first-order chi connectivity index (χ1) is 14.6. The molecule has 1 aliphatic carbocycles. The molecule has 0 saturated heterocycles. The van der Waals surface area contributed by atoms with E-state index in [-0.39, 0.29) is 11.9 Å². The average molecular weight is 396 g/mol. The Morgan fingerprint density at radius 1 is 0.933 bits per heavy atom. The molecule has 0 aromatic heterocycles. The van der Waals surface area contributed by atoms with Crippen molar-refractivity contribution in [2.45, 2.75) is 25.7 Å². The van der Waals surface area contributed by atoms with Crippen LogP contribution in [0, 0.1) is 6.92 Å². The summed E-state index contributed by atoms with van der Waals surface area (Å²) in [5, 5.41) is 0. The van der Waals surface area contributed by atoms with Crippen LogP contribution in [0.15, 0.2) is 78.5 Å². The van der Waals surface area contributed by atoms with Gasteiger partial charge in [-0.2, -0.15) is 0 Å². The molecule has 1 aliphatic heterocycles. The van der Waals surface area contributed by atoms with Gasteiger partial charge in [0.1, 0.15) is 5.92 Å². The zero-order valence-corrected chi connectivity index (χ0v) is 17.6. The molecule has 30 heavy (non-hydrogen) atoms. The molecule has 150 valence electrons. The fraction of sp³-hybridized carbons (Fsp3) is 0.222. The van der Waals surface area contributed by atoms with Crippen molar-refractivity contribution in [2.24, 2.45) is 0 Å². The van der Waals surface area contributed by atoms with E-state index < -0.39 is 5.92 Å². The molecule has 0 saturated carbocycles. The molecule has 0 bridgehead atoms. The smallest absolute Gasteiger partial charge is 0.318 e. The summed E-state index contributed by atoms with van der Waals surface area (Å²) in [6, 6.07) is 25.3. The summed E-state index contributed by atoms with van der Waals surface area (Å²) in [7, 11) is 2.11. The highest BCUT2D eigenvalue weighted by Gasteiger charge is 2.45. The summed E-state index contributed by atoms with van der Waals surface area (Å²) >= 11 is 0. The van der Waals surface area contributed by atoms with Crippen LogP contribution in [-0.2, 0) is 9.53 Å². The molecule has 0 N–H and O–H groups in total. The summed E-state index contributed by atoms with van der Waals surface area (Å²) in [5.74, 6) is -0.509. The number of aryl methyl sites for hydroxylation is 1. The largest absolute Gasteiger partial charge is 0.465 e. The van der Waals surface area contributed by atoms with Crippen molar-refractivity contribution >= 4 is 17.2 Å². The summed E-state index contributed by atoms with van der Waals surface area (Å²) in [4.78, 5) is 15.6. The van der Waals surface area contributed by atoms with Gasteiger partial charge in [0.05, 0.1) is 12.5 Å². The van der Waals surface area contributed by atoms with Gasteiger partial charge in [-0.15, -0.1) is 0 Å². The molecule has 2 aliphatic rings. The van der Waals surface area contributed by atoms with Gasteiger partial charge in [-0.25, -0.2) is 0 Å². The quantitative estimate of drug-likeness (QED) is 0.537. The van der Waals surface area contributed by atoms with Gasteiger partial charge in [0, 0.05) is 18.4 Å². The van der Waals surface area contributed by atoms with Gasteiger partial charge in [0.25, 0.3) is 0 Å². The van der Waals surface area contributed by atoms with Gasteiger partial charge in [-0.3, -0.25) is 4.79 Å². The number of carbonyl (C=O) groups excluding carboxylic acids is 1. The van der Waals surface area contributed by atoms with Gasteiger partial charge in [0.15, 0.2) is 0 Å². The van der Waals surface area contributed by atoms with Crippen LogP contribution in [0.25, 0.3) is 5.57 Å². The number of ether oxygens (including phenoxy) is 1. The summed E-state index contributed by atoms with van der Waals surface area (Å²) < 4.78 is 5.58. The predicted molar refractivity (Wildman–Crippen MR) is 121 cm³/mol. The van der Waals surface area contributed by atoms with E-state index in [2.05, 4.69) is 67.4 Å². The number of hydrogen-bond donors (Lipinski definition) is 0. The highest BCUT2D eigenvalue weighted by atomic mass is 16.5. The van der Waals surface area contributed by atoms with E-state index in [9.17, 15) is 4.79 Å². The van der Waals surface area contributed by atoms with E-state index in [0.29, 0.717) is 6.61 Å². The lowest BCUT2D eigenvalue weighted by atomic mass is 9.72. The minimum atomic E-state index is -0.437. The van der Waals surface area contributed by atoms with Gasteiger partial charge < -0.3 is 9.64 Å². The fourth-order valence-electron chi connectivity index (χ4n) is 5.08. The standard InChI is InChI=1S/C27H25NO2/c1-4-30-27(29)25-20-13-9-8-12-19(20)24-21-16-17(2)14-15-22(21)28(3)26(24)23(25)18-10-6-5-7-11-18/h5-16,24-25H,4H2,1-3H3. The Morgan fingerprint density at radius 3 is 2.37 bits per heavy atom. The van der Waals surface area contributed by atoms with Crippen LogP contribution in [0.4, 0.5) is 5.69 Å². The van der Waals surface area contributed by atoms with Crippen LogP contribution >= 0.6 is 0 Å². The molecule has 5 rings (SSSR count). The van der Waals surface area contributed by atoms with Crippen molar-refractivity contribution in [3.05, 3.63) is 106 Å². The summed E-state index contributed by atoms with van der Waals surface area (Å²) in [6.07, 6.45) is 0. The molecule has 1 heterocycles. The zero-order chi connectivity index (χ0) is 20.8. The van der Waals surface area contributed by atoms with Crippen LogP contribution < -0.4 is 4.90 Å². The van der Waals surface area contributed by atoms with Gasteiger partial charge >= 0.3 is 5.97 Å². The molecular weight excluding hydrogens is 370 g/mol. The van der Waals surface area contributed by atoms with E-state index >= 15 is 0 Å². The Kier molecular flexibility index (Phi) is 4.47. The van der Waals surface area contributed by atoms with E-state index in [1.165, 1.54) is 28.1 Å². The van der Waals surface area contributed by atoms with E-state index in [1.54, 1.807) is 0 Å². The van der Waals surface area contributed by atoms with Crippen molar-refractivity contribution in [2.75, 3.05) is 18.6 Å². The molecule has 3 aromatic rings. The van der Waals surface area contributed by atoms with Crippen molar-refractivity contribution in [3.63, 3.8) is 0 Å². The molecular formula is C27H25NO2. The number of likely N-dealkylation sites (N-methyl/N-ethyl adjacent to an activating group) is 1. The van der Waals surface area contributed by atoms with E-state index in [0.717, 1.165) is 16.7 Å². The first kappa shape index (κ1) is 18.7. The maximum Gasteiger partial charge on any atom is 0.318 e. The lowest BCUT2D eigenvalue weighted by Gasteiger charge is -2.34. The Morgan fingerprint density at radius 2 is 1.63 bits per heavy atom. The number of carbonyl (C=O) groups is 1. The van der Waals surface area contributed by atoms with Gasteiger partial charge in [-0.05, 0) is 47.7 Å². The van der Waals surface area contributed by atoms with Crippen molar-refractivity contribution in [1.29, 1.82) is 0 Å². The molecule has 0 spiro atoms. The third-order valence-corrected chi connectivity index (χ3v) is 6.28. The topological polar surface area (TPSA) is 29.5 Å². The Labute approximate surface area is 177 Å². The second-order valence-electron chi connectivity index (χ2n) is 8.03. The van der Waals surface area contributed by atoms with E-state index in [1.807, 2.05) is 31.2 Å². The van der Waals surface area contributed by atoms with Crippen LogP contribution in [-0.4, -0.2) is 19.6 Å². The maximum atomic E-state index is 13.3. The number of hydrogen-bond acceptors (Lipinski definition) is 3. The summed E-state index contributed by atoms with van der Waals surface area (Å²) in [6.45, 7) is 4.37. The molecule has 2 atom stereocenters. The number of nitrogens with zero attached hydrogens (tertiary/aromatic N) is 1. The Balaban J connectivity index is 1.86. The van der Waals surface area contributed by atoms with Crippen LogP contribution in [0.1, 0.15) is 46.6 Å². The second-order valence-corrected chi connectivity index (χ2v) is 8.03. The van der Waals surface area contributed by atoms with Crippen LogP contribution in [0.2, 0.25) is 0 Å². The predicted octanol–water partition coefficient (Wildman–Crippen LogP) is 5.65. The molecule has 2 unspecified atom stereocenters. The lowest BCUT2D eigenvalue weighted by Crippen LogP contribution is -2.28. The minimum Gasteiger partial charge on any atom is -0.465 e. The maximum absolute atomic E-state index is 13.3. The van der Waals surface area contributed by atoms with E-state index in [4.69, 9.17) is 4.74 Å². The van der Waals surface area contributed by atoms with Crippen LogP contribution in [0.3, 0.4) is 0 Å². The highest BCUT2D eigenvalue weighted by molar-refractivity contribution is 6.00. The number of anilines is 1. The van der Waals surface area contributed by atoms with Crippen molar-refractivity contribution in [3.8, 4) is 0 Å². The normalized spacial score (nSPS) is 19.2. The Bertz CT molecular complexity index is 1160.